The lowest BCUT2D eigenvalue weighted by molar-refractivity contribution is -0.384. The Morgan fingerprint density at radius 1 is 1.21 bits per heavy atom. The van der Waals surface area contributed by atoms with E-state index >= 15 is 0 Å². The van der Waals surface area contributed by atoms with Gasteiger partial charge in [0.2, 0.25) is 5.69 Å². The van der Waals surface area contributed by atoms with Crippen molar-refractivity contribution in [3.05, 3.63) is 80.4 Å². The Morgan fingerprint density at radius 2 is 1.86 bits per heavy atom. The van der Waals surface area contributed by atoms with E-state index < -0.39 is 10.9 Å². The molecule has 3 aromatic rings. The van der Waals surface area contributed by atoms with Crippen molar-refractivity contribution in [1.82, 2.24) is 4.57 Å². The highest BCUT2D eigenvalue weighted by atomic mass is 79.9. The van der Waals surface area contributed by atoms with Crippen LogP contribution in [0.25, 0.3) is 27.1 Å². The molecule has 29 heavy (non-hydrogen) atoms. The average molecular weight is 454 g/mol. The lowest BCUT2D eigenvalue weighted by Crippen LogP contribution is -2.11. The van der Waals surface area contributed by atoms with Crippen molar-refractivity contribution in [2.45, 2.75) is 6.92 Å². The van der Waals surface area contributed by atoms with Gasteiger partial charge < -0.3 is 9.30 Å². The summed E-state index contributed by atoms with van der Waals surface area (Å²) in [7, 11) is 1.69. The van der Waals surface area contributed by atoms with Crippen molar-refractivity contribution in [3.8, 4) is 22.3 Å². The SMILES string of the molecule is [C-]#[N+]c1c(-c2ccc(-c3cccc([N+](=O)[O-])c3)cc2)c(C(=O)OCC)n(C)c1Br. The molecule has 0 spiro atoms. The van der Waals surface area contributed by atoms with E-state index in [1.165, 1.54) is 12.1 Å². The minimum absolute atomic E-state index is 0.0125. The number of non-ortho nitro benzene ring substituents is 1. The highest BCUT2D eigenvalue weighted by molar-refractivity contribution is 9.10. The van der Waals surface area contributed by atoms with Crippen LogP contribution in [0.3, 0.4) is 0 Å². The molecule has 8 heteroatoms. The zero-order valence-electron chi connectivity index (χ0n) is 15.7. The van der Waals surface area contributed by atoms with E-state index in [9.17, 15) is 14.9 Å². The summed E-state index contributed by atoms with van der Waals surface area (Å²) < 4.78 is 7.25. The van der Waals surface area contributed by atoms with Crippen LogP contribution in [0.4, 0.5) is 11.4 Å². The van der Waals surface area contributed by atoms with E-state index in [4.69, 9.17) is 11.3 Å². The molecule has 0 saturated heterocycles. The Labute approximate surface area is 175 Å². The number of esters is 1. The monoisotopic (exact) mass is 453 g/mol. The molecule has 0 atom stereocenters. The van der Waals surface area contributed by atoms with Gasteiger partial charge in [-0.1, -0.05) is 36.4 Å². The molecule has 0 amide bonds. The molecular formula is C21H16BrN3O4. The van der Waals surface area contributed by atoms with Gasteiger partial charge in [0.15, 0.2) is 0 Å². The third-order valence-corrected chi connectivity index (χ3v) is 5.35. The fourth-order valence-corrected chi connectivity index (χ4v) is 3.55. The largest absolute Gasteiger partial charge is 0.461 e. The Kier molecular flexibility index (Phi) is 5.80. The number of benzene rings is 2. The van der Waals surface area contributed by atoms with Crippen molar-refractivity contribution in [3.63, 3.8) is 0 Å². The summed E-state index contributed by atoms with van der Waals surface area (Å²) in [5.41, 5.74) is 3.27. The first-order chi connectivity index (χ1) is 13.9. The Balaban J connectivity index is 2.10. The number of hydrogen-bond acceptors (Lipinski definition) is 4. The van der Waals surface area contributed by atoms with Crippen molar-refractivity contribution in [2.75, 3.05) is 6.61 Å². The van der Waals surface area contributed by atoms with Crippen molar-refractivity contribution in [1.29, 1.82) is 0 Å². The van der Waals surface area contributed by atoms with E-state index in [0.717, 1.165) is 5.56 Å². The van der Waals surface area contributed by atoms with Gasteiger partial charge in [-0.05, 0) is 39.5 Å². The Hall–Kier alpha value is -3.44. The number of hydrogen-bond donors (Lipinski definition) is 0. The van der Waals surface area contributed by atoms with Crippen molar-refractivity contribution < 1.29 is 14.5 Å². The predicted molar refractivity (Wildman–Crippen MR) is 113 cm³/mol. The van der Waals surface area contributed by atoms with Gasteiger partial charge in [-0.25, -0.2) is 9.64 Å². The van der Waals surface area contributed by atoms with Crippen LogP contribution in [0.1, 0.15) is 17.4 Å². The Morgan fingerprint density at radius 3 is 2.45 bits per heavy atom. The molecule has 0 aliphatic rings. The predicted octanol–water partition coefficient (Wildman–Crippen LogP) is 5.76. The van der Waals surface area contributed by atoms with Gasteiger partial charge >= 0.3 is 5.97 Å². The first-order valence-corrected chi connectivity index (χ1v) is 9.46. The number of aromatic nitrogens is 1. The molecular weight excluding hydrogens is 438 g/mol. The molecule has 0 N–H and O–H groups in total. The van der Waals surface area contributed by atoms with Gasteiger partial charge in [0.25, 0.3) is 5.69 Å². The van der Waals surface area contributed by atoms with Crippen LogP contribution >= 0.6 is 15.9 Å². The minimum atomic E-state index is -0.511. The maximum atomic E-state index is 12.5. The van der Waals surface area contributed by atoms with E-state index in [-0.39, 0.29) is 18.0 Å². The quantitative estimate of drug-likeness (QED) is 0.213. The number of ether oxygens (including phenoxy) is 1. The van der Waals surface area contributed by atoms with Crippen LogP contribution < -0.4 is 0 Å². The molecule has 2 aromatic carbocycles. The molecule has 0 aliphatic carbocycles. The summed E-state index contributed by atoms with van der Waals surface area (Å²) in [6.45, 7) is 9.48. The molecule has 7 nitrogen and oxygen atoms in total. The van der Waals surface area contributed by atoms with E-state index in [1.54, 1.807) is 54.9 Å². The second kappa shape index (κ2) is 8.29. The minimum Gasteiger partial charge on any atom is -0.461 e. The molecule has 0 bridgehead atoms. The molecule has 146 valence electrons. The van der Waals surface area contributed by atoms with E-state index in [2.05, 4.69) is 20.8 Å². The first-order valence-electron chi connectivity index (χ1n) is 8.67. The van der Waals surface area contributed by atoms with Crippen LogP contribution in [-0.4, -0.2) is 22.1 Å². The van der Waals surface area contributed by atoms with Gasteiger partial charge in [0.05, 0.1) is 22.7 Å². The van der Waals surface area contributed by atoms with E-state index in [0.29, 0.717) is 27.0 Å². The summed E-state index contributed by atoms with van der Waals surface area (Å²) >= 11 is 3.38. The van der Waals surface area contributed by atoms with Gasteiger partial charge in [-0.15, -0.1) is 0 Å². The number of nitrogens with zero attached hydrogens (tertiary/aromatic N) is 3. The number of halogens is 1. The number of carbonyl (C=O) groups is 1. The van der Waals surface area contributed by atoms with Gasteiger partial charge in [0.1, 0.15) is 5.69 Å². The molecule has 0 saturated carbocycles. The summed E-state index contributed by atoms with van der Waals surface area (Å²) in [6.07, 6.45) is 0. The standard InChI is InChI=1S/C21H16BrN3O4/c1-4-29-21(26)19-17(18(23-2)20(22)24(19)3)14-10-8-13(9-11-14)15-6-5-7-16(12-15)25(27)28/h5-12H,4H2,1,3H3. The number of nitro benzene ring substituents is 1. The fraction of sp³-hybridized carbons (Fsp3) is 0.143. The molecule has 0 aliphatic heterocycles. The maximum absolute atomic E-state index is 12.5. The van der Waals surface area contributed by atoms with Crippen LogP contribution in [0.15, 0.2) is 53.1 Å². The van der Waals surface area contributed by atoms with Crippen molar-refractivity contribution >= 4 is 33.3 Å². The third kappa shape index (κ3) is 3.77. The van der Waals surface area contributed by atoms with Crippen molar-refractivity contribution in [2.24, 2.45) is 7.05 Å². The molecule has 0 fully saturated rings. The second-order valence-electron chi connectivity index (χ2n) is 6.14. The Bertz CT molecular complexity index is 1140. The van der Waals surface area contributed by atoms with Crippen LogP contribution in [0.5, 0.6) is 0 Å². The summed E-state index contributed by atoms with van der Waals surface area (Å²) in [5.74, 6) is -0.511. The molecule has 1 aromatic heterocycles. The summed E-state index contributed by atoms with van der Waals surface area (Å²) in [4.78, 5) is 26.7. The molecule has 1 heterocycles. The lowest BCUT2D eigenvalue weighted by Gasteiger charge is -2.09. The molecule has 0 unspecified atom stereocenters. The number of nitro groups is 1. The molecule has 0 radical (unpaired) electrons. The smallest absolute Gasteiger partial charge is 0.354 e. The third-order valence-electron chi connectivity index (χ3n) is 4.44. The summed E-state index contributed by atoms with van der Waals surface area (Å²) in [5, 5.41) is 11.0. The topological polar surface area (TPSA) is 78.7 Å². The average Bonchev–Trinajstić information content (AvgIpc) is 2.98. The van der Waals surface area contributed by atoms with Gasteiger partial charge in [0, 0.05) is 24.7 Å². The van der Waals surface area contributed by atoms with Gasteiger partial charge in [-0.2, -0.15) is 0 Å². The maximum Gasteiger partial charge on any atom is 0.354 e. The normalized spacial score (nSPS) is 10.4. The summed E-state index contributed by atoms with van der Waals surface area (Å²) in [6, 6.07) is 13.5. The fourth-order valence-electron chi connectivity index (χ4n) is 3.08. The number of carbonyl (C=O) groups excluding carboxylic acids is 1. The lowest BCUT2D eigenvalue weighted by atomic mass is 9.99. The second-order valence-corrected chi connectivity index (χ2v) is 6.89. The number of rotatable bonds is 5. The zero-order chi connectivity index (χ0) is 21.1. The first kappa shape index (κ1) is 20.3. The van der Waals surface area contributed by atoms with Crippen LogP contribution in [0, 0.1) is 16.7 Å². The zero-order valence-corrected chi connectivity index (χ0v) is 17.3. The highest BCUT2D eigenvalue weighted by Gasteiger charge is 2.26. The molecule has 3 rings (SSSR count). The highest BCUT2D eigenvalue weighted by Crippen LogP contribution is 2.42. The van der Waals surface area contributed by atoms with Crippen LogP contribution in [-0.2, 0) is 11.8 Å². The van der Waals surface area contributed by atoms with Crippen LogP contribution in [0.2, 0.25) is 0 Å². The van der Waals surface area contributed by atoms with E-state index in [1.807, 2.05) is 0 Å². The van der Waals surface area contributed by atoms with Gasteiger partial charge in [-0.3, -0.25) is 10.1 Å².